The van der Waals surface area contributed by atoms with E-state index in [9.17, 15) is 4.39 Å². The molecule has 2 saturated carbocycles. The van der Waals surface area contributed by atoms with Gasteiger partial charge in [0.1, 0.15) is 6.17 Å². The summed E-state index contributed by atoms with van der Waals surface area (Å²) >= 11 is 0. The Balaban J connectivity index is 1.41. The highest BCUT2D eigenvalue weighted by molar-refractivity contribution is 5.12. The van der Waals surface area contributed by atoms with Gasteiger partial charge in [0, 0.05) is 12.3 Å². The zero-order valence-corrected chi connectivity index (χ0v) is 18.9. The lowest BCUT2D eigenvalue weighted by atomic mass is 9.77. The predicted molar refractivity (Wildman–Crippen MR) is 120 cm³/mol. The topological polar surface area (TPSA) is 25.8 Å². The van der Waals surface area contributed by atoms with E-state index in [0.717, 1.165) is 36.1 Å². The maximum Gasteiger partial charge on any atom is 0.108 e. The molecular weight excluding hydrogens is 359 g/mol. The van der Waals surface area contributed by atoms with Crippen molar-refractivity contribution >= 4 is 0 Å². The normalized spacial score (nSPS) is 28.9. The molecule has 0 aliphatic heterocycles. The summed E-state index contributed by atoms with van der Waals surface area (Å²) < 4.78 is 14.8. The van der Waals surface area contributed by atoms with Gasteiger partial charge in [-0.05, 0) is 68.4 Å². The van der Waals surface area contributed by atoms with E-state index in [-0.39, 0.29) is 5.92 Å². The van der Waals surface area contributed by atoms with Crippen molar-refractivity contribution in [1.29, 1.82) is 0 Å². The Labute approximate surface area is 178 Å². The van der Waals surface area contributed by atoms with Crippen LogP contribution < -0.4 is 0 Å². The SMILES string of the molecule is CCCCCC1CCC(c2ccc(CC(F)C3CCC(CCC)CC3)nn2)CC1. The van der Waals surface area contributed by atoms with Crippen LogP contribution in [-0.2, 0) is 6.42 Å². The molecular formula is C26H43FN2. The second kappa shape index (κ2) is 12.0. The van der Waals surface area contributed by atoms with Gasteiger partial charge in [-0.15, -0.1) is 0 Å². The molecule has 1 atom stereocenters. The molecule has 0 bridgehead atoms. The summed E-state index contributed by atoms with van der Waals surface area (Å²) in [7, 11) is 0. The third-order valence-electron chi connectivity index (χ3n) is 7.73. The van der Waals surface area contributed by atoms with Gasteiger partial charge in [0.15, 0.2) is 0 Å². The van der Waals surface area contributed by atoms with E-state index in [1.807, 2.05) is 6.07 Å². The van der Waals surface area contributed by atoms with Gasteiger partial charge in [-0.1, -0.05) is 65.2 Å². The third kappa shape index (κ3) is 7.03. The van der Waals surface area contributed by atoms with Crippen molar-refractivity contribution in [3.05, 3.63) is 23.5 Å². The summed E-state index contributed by atoms with van der Waals surface area (Å²) in [6.45, 7) is 4.54. The van der Waals surface area contributed by atoms with E-state index in [1.165, 1.54) is 77.0 Å². The maximum absolute atomic E-state index is 14.8. The monoisotopic (exact) mass is 402 g/mol. The van der Waals surface area contributed by atoms with E-state index in [4.69, 9.17) is 0 Å². The highest BCUT2D eigenvalue weighted by Crippen LogP contribution is 2.37. The molecule has 3 heteroatoms. The van der Waals surface area contributed by atoms with Crippen LogP contribution in [0.3, 0.4) is 0 Å². The van der Waals surface area contributed by atoms with Gasteiger partial charge in [0.2, 0.25) is 0 Å². The maximum atomic E-state index is 14.8. The second-order valence-corrected chi connectivity index (χ2v) is 9.95. The van der Waals surface area contributed by atoms with Crippen molar-refractivity contribution in [2.75, 3.05) is 0 Å². The Morgan fingerprint density at radius 1 is 0.828 bits per heavy atom. The van der Waals surface area contributed by atoms with Crippen LogP contribution in [-0.4, -0.2) is 16.4 Å². The molecule has 2 nitrogen and oxygen atoms in total. The largest absolute Gasteiger partial charge is 0.247 e. The first kappa shape index (κ1) is 22.7. The van der Waals surface area contributed by atoms with Gasteiger partial charge in [0.25, 0.3) is 0 Å². The van der Waals surface area contributed by atoms with Crippen LogP contribution in [0.4, 0.5) is 4.39 Å². The van der Waals surface area contributed by atoms with Crippen molar-refractivity contribution in [1.82, 2.24) is 10.2 Å². The lowest BCUT2D eigenvalue weighted by Gasteiger charge is -2.30. The number of rotatable bonds is 10. The van der Waals surface area contributed by atoms with Crippen LogP contribution in [0, 0.1) is 17.8 Å². The minimum atomic E-state index is -0.753. The number of nitrogens with zero attached hydrogens (tertiary/aromatic N) is 2. The molecule has 1 aromatic rings. The lowest BCUT2D eigenvalue weighted by molar-refractivity contribution is 0.151. The van der Waals surface area contributed by atoms with Crippen molar-refractivity contribution in [3.63, 3.8) is 0 Å². The Morgan fingerprint density at radius 2 is 1.52 bits per heavy atom. The van der Waals surface area contributed by atoms with Crippen molar-refractivity contribution in [2.45, 2.75) is 122 Å². The highest BCUT2D eigenvalue weighted by Gasteiger charge is 2.28. The summed E-state index contributed by atoms with van der Waals surface area (Å²) in [6, 6.07) is 4.18. The molecule has 0 N–H and O–H groups in total. The van der Waals surface area contributed by atoms with Crippen molar-refractivity contribution < 1.29 is 4.39 Å². The van der Waals surface area contributed by atoms with Crippen LogP contribution in [0.5, 0.6) is 0 Å². The van der Waals surface area contributed by atoms with E-state index >= 15 is 0 Å². The minimum Gasteiger partial charge on any atom is -0.247 e. The summed E-state index contributed by atoms with van der Waals surface area (Å²) in [6.07, 6.45) is 17.5. The summed E-state index contributed by atoms with van der Waals surface area (Å²) in [4.78, 5) is 0. The molecule has 2 aliphatic rings. The standard InChI is InChI=1S/C26H43FN2/c1-3-5-6-8-21-11-15-23(16-12-21)26-18-17-24(28-29-26)19-25(27)22-13-9-20(7-4-2)10-14-22/h17-18,20-23,25H,3-16,19H2,1-2H3. The average Bonchev–Trinajstić information content (AvgIpc) is 2.76. The van der Waals surface area contributed by atoms with Gasteiger partial charge in [-0.25, -0.2) is 4.39 Å². The number of hydrogen-bond acceptors (Lipinski definition) is 2. The van der Waals surface area contributed by atoms with Crippen LogP contribution >= 0.6 is 0 Å². The fourth-order valence-corrected chi connectivity index (χ4v) is 5.74. The summed E-state index contributed by atoms with van der Waals surface area (Å²) in [5.41, 5.74) is 1.97. The second-order valence-electron chi connectivity index (χ2n) is 9.95. The van der Waals surface area contributed by atoms with Crippen LogP contribution in [0.25, 0.3) is 0 Å². The molecule has 2 fully saturated rings. The van der Waals surface area contributed by atoms with Gasteiger partial charge >= 0.3 is 0 Å². The van der Waals surface area contributed by atoms with E-state index in [0.29, 0.717) is 12.3 Å². The van der Waals surface area contributed by atoms with Crippen molar-refractivity contribution in [2.24, 2.45) is 17.8 Å². The van der Waals surface area contributed by atoms with Crippen molar-refractivity contribution in [3.8, 4) is 0 Å². The molecule has 0 spiro atoms. The molecule has 0 amide bonds. The fourth-order valence-electron chi connectivity index (χ4n) is 5.74. The Bertz CT molecular complexity index is 557. The number of aromatic nitrogens is 2. The first-order chi connectivity index (χ1) is 14.2. The number of alkyl halides is 1. The molecule has 164 valence electrons. The molecule has 0 aromatic carbocycles. The third-order valence-corrected chi connectivity index (χ3v) is 7.73. The number of unbranched alkanes of at least 4 members (excludes halogenated alkanes) is 2. The molecule has 1 unspecified atom stereocenters. The molecule has 1 heterocycles. The molecule has 3 rings (SSSR count). The molecule has 2 aliphatic carbocycles. The first-order valence-electron chi connectivity index (χ1n) is 12.7. The van der Waals surface area contributed by atoms with Crippen LogP contribution in [0.2, 0.25) is 0 Å². The molecule has 0 saturated heterocycles. The van der Waals surface area contributed by atoms with Gasteiger partial charge in [-0.3, -0.25) is 0 Å². The molecule has 1 aromatic heterocycles. The first-order valence-corrected chi connectivity index (χ1v) is 12.7. The Kier molecular flexibility index (Phi) is 9.39. The minimum absolute atomic E-state index is 0.229. The van der Waals surface area contributed by atoms with Gasteiger partial charge < -0.3 is 0 Å². The predicted octanol–water partition coefficient (Wildman–Crippen LogP) is 7.82. The highest BCUT2D eigenvalue weighted by atomic mass is 19.1. The number of halogens is 1. The summed E-state index contributed by atoms with van der Waals surface area (Å²) in [5, 5.41) is 8.94. The Morgan fingerprint density at radius 3 is 2.14 bits per heavy atom. The van der Waals surface area contributed by atoms with Crippen LogP contribution in [0.15, 0.2) is 12.1 Å². The van der Waals surface area contributed by atoms with E-state index < -0.39 is 6.17 Å². The molecule has 0 radical (unpaired) electrons. The van der Waals surface area contributed by atoms with E-state index in [1.54, 1.807) is 0 Å². The fraction of sp³-hybridized carbons (Fsp3) is 0.846. The van der Waals surface area contributed by atoms with Gasteiger partial charge in [0.05, 0.1) is 11.4 Å². The zero-order chi connectivity index (χ0) is 20.5. The quantitative estimate of drug-likeness (QED) is 0.373. The molecule has 29 heavy (non-hydrogen) atoms. The van der Waals surface area contributed by atoms with E-state index in [2.05, 4.69) is 30.1 Å². The lowest BCUT2D eigenvalue weighted by Crippen LogP contribution is -2.25. The zero-order valence-electron chi connectivity index (χ0n) is 18.9. The smallest absolute Gasteiger partial charge is 0.108 e. The summed E-state index contributed by atoms with van der Waals surface area (Å²) in [5.74, 6) is 2.55. The number of hydrogen-bond donors (Lipinski definition) is 0. The average molecular weight is 403 g/mol. The van der Waals surface area contributed by atoms with Gasteiger partial charge in [-0.2, -0.15) is 10.2 Å². The van der Waals surface area contributed by atoms with Crippen LogP contribution in [0.1, 0.15) is 121 Å². The Hall–Kier alpha value is -0.990.